The molecule has 26 heavy (non-hydrogen) atoms. The molecular weight excluding hydrogens is 328 g/mol. The number of nitrogens with zero attached hydrogens (tertiary/aromatic N) is 4. The Kier molecular flexibility index (Phi) is 3.80. The lowest BCUT2D eigenvalue weighted by Gasteiger charge is -2.28. The third-order valence-electron chi connectivity index (χ3n) is 4.42. The first-order valence-corrected chi connectivity index (χ1v) is 8.37. The summed E-state index contributed by atoms with van der Waals surface area (Å²) in [7, 11) is 0. The van der Waals surface area contributed by atoms with E-state index in [4.69, 9.17) is 0 Å². The molecule has 3 aromatic rings. The third kappa shape index (κ3) is 2.47. The van der Waals surface area contributed by atoms with Crippen LogP contribution in [0.25, 0.3) is 11.3 Å². The zero-order chi connectivity index (χ0) is 18.3. The topological polar surface area (TPSA) is 58.4 Å². The van der Waals surface area contributed by atoms with Crippen LogP contribution >= 0.6 is 0 Å². The molecule has 1 aliphatic rings. The summed E-state index contributed by atoms with van der Waals surface area (Å²) >= 11 is 0. The predicted octanol–water partition coefficient (Wildman–Crippen LogP) is 3.10. The van der Waals surface area contributed by atoms with E-state index in [9.17, 15) is 9.59 Å². The minimum absolute atomic E-state index is 0.166. The van der Waals surface area contributed by atoms with Crippen molar-refractivity contribution in [1.82, 2.24) is 9.66 Å². The second-order valence-corrected chi connectivity index (χ2v) is 6.17. The van der Waals surface area contributed by atoms with E-state index in [0.717, 1.165) is 11.1 Å². The first-order chi connectivity index (χ1) is 12.6. The average molecular weight is 346 g/mol. The largest absolute Gasteiger partial charge is 0.275 e. The highest BCUT2D eigenvalue weighted by Gasteiger charge is 2.43. The summed E-state index contributed by atoms with van der Waals surface area (Å²) in [6.07, 6.45) is 1.25. The van der Waals surface area contributed by atoms with Gasteiger partial charge in [0.2, 0.25) is 17.8 Å². The molecule has 0 radical (unpaired) electrons. The van der Waals surface area contributed by atoms with Gasteiger partial charge in [-0.1, -0.05) is 60.7 Å². The second kappa shape index (κ2) is 6.15. The van der Waals surface area contributed by atoms with Gasteiger partial charge in [0, 0.05) is 19.4 Å². The summed E-state index contributed by atoms with van der Waals surface area (Å²) in [5.41, 5.74) is 2.49. The van der Waals surface area contributed by atoms with Crippen LogP contribution in [0, 0.1) is 0 Å². The van der Waals surface area contributed by atoms with Crippen LogP contribution in [0.5, 0.6) is 0 Å². The highest BCUT2D eigenvalue weighted by Crippen LogP contribution is 2.38. The Labute approximate surface area is 151 Å². The molecule has 130 valence electrons. The third-order valence-corrected chi connectivity index (χ3v) is 4.42. The van der Waals surface area contributed by atoms with Gasteiger partial charge in [-0.05, 0) is 5.56 Å². The molecule has 6 nitrogen and oxygen atoms in total. The smallest absolute Gasteiger partial charge is 0.240 e. The van der Waals surface area contributed by atoms with E-state index in [-0.39, 0.29) is 11.8 Å². The van der Waals surface area contributed by atoms with Crippen LogP contribution < -0.4 is 9.91 Å². The Morgan fingerprint density at radius 1 is 0.885 bits per heavy atom. The number of amides is 2. The summed E-state index contributed by atoms with van der Waals surface area (Å²) in [5.74, 6) is 0.107. The van der Waals surface area contributed by atoms with Crippen LogP contribution in [0.15, 0.2) is 66.9 Å². The minimum Gasteiger partial charge on any atom is -0.275 e. The first-order valence-electron chi connectivity index (χ1n) is 8.37. The normalized spacial score (nSPS) is 15.8. The number of fused-ring (bicyclic) bond motifs is 1. The lowest BCUT2D eigenvalue weighted by molar-refractivity contribution is -0.118. The molecule has 0 saturated heterocycles. The molecule has 0 bridgehead atoms. The highest BCUT2D eigenvalue weighted by atomic mass is 16.2. The Morgan fingerprint density at radius 2 is 1.50 bits per heavy atom. The van der Waals surface area contributed by atoms with E-state index < -0.39 is 6.17 Å². The first kappa shape index (κ1) is 16.1. The Bertz CT molecular complexity index is 926. The van der Waals surface area contributed by atoms with E-state index in [1.165, 1.54) is 13.8 Å². The lowest BCUT2D eigenvalue weighted by Crippen LogP contribution is -2.43. The molecule has 0 spiro atoms. The molecule has 0 aliphatic carbocycles. The van der Waals surface area contributed by atoms with Gasteiger partial charge in [0.05, 0.1) is 11.9 Å². The summed E-state index contributed by atoms with van der Waals surface area (Å²) < 4.78 is 1.67. The predicted molar refractivity (Wildman–Crippen MR) is 98.9 cm³/mol. The SMILES string of the molecule is CC(=O)N1c2nc(-c3ccccc3)cn2N(C(C)=O)[C@@H]1c1ccccc1. The lowest BCUT2D eigenvalue weighted by atomic mass is 10.1. The fourth-order valence-corrected chi connectivity index (χ4v) is 3.32. The molecule has 0 fully saturated rings. The van der Waals surface area contributed by atoms with Crippen molar-refractivity contribution >= 4 is 17.8 Å². The van der Waals surface area contributed by atoms with Gasteiger partial charge in [-0.2, -0.15) is 0 Å². The van der Waals surface area contributed by atoms with Gasteiger partial charge in [-0.15, -0.1) is 0 Å². The molecule has 4 rings (SSSR count). The second-order valence-electron chi connectivity index (χ2n) is 6.17. The van der Waals surface area contributed by atoms with Crippen LogP contribution in [0.3, 0.4) is 0 Å². The van der Waals surface area contributed by atoms with Gasteiger partial charge >= 0.3 is 0 Å². The molecule has 1 atom stereocenters. The van der Waals surface area contributed by atoms with Crippen LogP contribution in [-0.2, 0) is 9.59 Å². The summed E-state index contributed by atoms with van der Waals surface area (Å²) in [5, 5.41) is 1.56. The van der Waals surface area contributed by atoms with Crippen molar-refractivity contribution in [3.05, 3.63) is 72.4 Å². The Morgan fingerprint density at radius 3 is 2.08 bits per heavy atom. The zero-order valence-electron chi connectivity index (χ0n) is 14.5. The highest BCUT2D eigenvalue weighted by molar-refractivity contribution is 5.97. The van der Waals surface area contributed by atoms with Gasteiger partial charge in [-0.3, -0.25) is 14.5 Å². The van der Waals surface area contributed by atoms with Crippen molar-refractivity contribution in [1.29, 1.82) is 0 Å². The van der Waals surface area contributed by atoms with Crippen molar-refractivity contribution < 1.29 is 9.59 Å². The maximum atomic E-state index is 12.4. The van der Waals surface area contributed by atoms with Gasteiger partial charge in [0.25, 0.3) is 0 Å². The number of hydrogen-bond donors (Lipinski definition) is 0. The van der Waals surface area contributed by atoms with E-state index >= 15 is 0 Å². The number of hydrogen-bond acceptors (Lipinski definition) is 3. The number of benzene rings is 2. The maximum Gasteiger partial charge on any atom is 0.240 e. The van der Waals surface area contributed by atoms with Crippen molar-refractivity contribution in [2.75, 3.05) is 9.91 Å². The van der Waals surface area contributed by atoms with Crippen molar-refractivity contribution in [2.24, 2.45) is 0 Å². The van der Waals surface area contributed by atoms with Crippen molar-refractivity contribution in [2.45, 2.75) is 20.0 Å². The Balaban J connectivity index is 1.87. The molecule has 1 aliphatic heterocycles. The minimum atomic E-state index is -0.543. The van der Waals surface area contributed by atoms with Crippen LogP contribution in [0.1, 0.15) is 25.6 Å². The fourth-order valence-electron chi connectivity index (χ4n) is 3.32. The molecule has 1 aromatic heterocycles. The van der Waals surface area contributed by atoms with Gasteiger partial charge in [-0.25, -0.2) is 14.7 Å². The van der Waals surface area contributed by atoms with E-state index in [0.29, 0.717) is 11.6 Å². The molecular formula is C20H18N4O2. The molecule has 0 unspecified atom stereocenters. The van der Waals surface area contributed by atoms with Gasteiger partial charge in [0.1, 0.15) is 0 Å². The molecule has 6 heteroatoms. The van der Waals surface area contributed by atoms with Gasteiger partial charge < -0.3 is 0 Å². The number of carbonyl (C=O) groups excluding carboxylic acids is 2. The molecule has 0 N–H and O–H groups in total. The quantitative estimate of drug-likeness (QED) is 0.716. The molecule has 2 heterocycles. The maximum absolute atomic E-state index is 12.4. The van der Waals surface area contributed by atoms with E-state index in [1.54, 1.807) is 20.8 Å². The number of aromatic nitrogens is 2. The van der Waals surface area contributed by atoms with Crippen LogP contribution in [0.2, 0.25) is 0 Å². The van der Waals surface area contributed by atoms with E-state index in [1.807, 2.05) is 60.7 Å². The number of carbonyl (C=O) groups is 2. The van der Waals surface area contributed by atoms with Crippen molar-refractivity contribution in [3.63, 3.8) is 0 Å². The van der Waals surface area contributed by atoms with E-state index in [2.05, 4.69) is 4.98 Å². The summed E-state index contributed by atoms with van der Waals surface area (Å²) in [6, 6.07) is 19.2. The zero-order valence-corrected chi connectivity index (χ0v) is 14.5. The summed E-state index contributed by atoms with van der Waals surface area (Å²) in [6.45, 7) is 2.98. The average Bonchev–Trinajstić information content (AvgIpc) is 3.19. The van der Waals surface area contributed by atoms with Crippen LogP contribution in [0.4, 0.5) is 5.95 Å². The number of rotatable bonds is 2. The number of imidazole rings is 1. The molecule has 0 saturated carbocycles. The number of anilines is 1. The van der Waals surface area contributed by atoms with Crippen molar-refractivity contribution in [3.8, 4) is 11.3 Å². The fraction of sp³-hybridized carbons (Fsp3) is 0.150. The summed E-state index contributed by atoms with van der Waals surface area (Å²) in [4.78, 5) is 31.1. The van der Waals surface area contributed by atoms with Crippen LogP contribution in [-0.4, -0.2) is 21.5 Å². The van der Waals surface area contributed by atoms with Gasteiger partial charge in [0.15, 0.2) is 6.17 Å². The monoisotopic (exact) mass is 346 g/mol. The Hall–Kier alpha value is -3.41. The molecule has 2 amide bonds. The molecule has 2 aromatic carbocycles. The standard InChI is InChI=1S/C20H18N4O2/c1-14(25)23-19(17-11-7-4-8-12-17)24(15(2)26)22-13-18(21-20(22)23)16-9-5-3-6-10-16/h3-13,19H,1-2H3/t19-/m1/s1.